The summed E-state index contributed by atoms with van der Waals surface area (Å²) in [5.41, 5.74) is 0. The number of carbonyl (C=O) groups excluding carboxylic acids is 2. The third kappa shape index (κ3) is 6.03. The standard InChI is InChI=1S/C11H17Cl3FO7P/c1-4-19-8(16)11(15,9(17)20-7-10(12,13)14)23(18,21-5-2)22-6-3/h4-7H2,1-3H3. The van der Waals surface area contributed by atoms with Gasteiger partial charge in [0, 0.05) is 0 Å². The van der Waals surface area contributed by atoms with E-state index in [2.05, 4.69) is 9.47 Å². The van der Waals surface area contributed by atoms with E-state index >= 15 is 4.39 Å². The van der Waals surface area contributed by atoms with Gasteiger partial charge in [0.25, 0.3) is 0 Å². The molecule has 0 radical (unpaired) electrons. The lowest BCUT2D eigenvalue weighted by Crippen LogP contribution is -2.46. The number of alkyl halides is 4. The minimum absolute atomic E-state index is 0.291. The Kier molecular flexibility index (Phi) is 9.35. The molecule has 12 heteroatoms. The molecule has 0 spiro atoms. The highest BCUT2D eigenvalue weighted by Crippen LogP contribution is 2.62. The fourth-order valence-electron chi connectivity index (χ4n) is 1.33. The van der Waals surface area contributed by atoms with Gasteiger partial charge in [-0.15, -0.1) is 0 Å². The normalized spacial score (nSPS) is 14.9. The predicted molar refractivity (Wildman–Crippen MR) is 82.6 cm³/mol. The molecule has 0 fully saturated rings. The van der Waals surface area contributed by atoms with E-state index in [-0.39, 0.29) is 19.8 Å². The largest absolute Gasteiger partial charge is 0.463 e. The van der Waals surface area contributed by atoms with E-state index in [1.807, 2.05) is 0 Å². The van der Waals surface area contributed by atoms with Gasteiger partial charge in [-0.1, -0.05) is 34.8 Å². The molecule has 0 aromatic carbocycles. The van der Waals surface area contributed by atoms with Crippen LogP contribution in [0.3, 0.4) is 0 Å². The Balaban J connectivity index is 5.76. The van der Waals surface area contributed by atoms with Crippen molar-refractivity contribution < 1.29 is 37.1 Å². The van der Waals surface area contributed by atoms with Crippen LogP contribution in [0.2, 0.25) is 0 Å². The van der Waals surface area contributed by atoms with Crippen LogP contribution >= 0.6 is 42.4 Å². The fraction of sp³-hybridized carbons (Fsp3) is 0.818. The van der Waals surface area contributed by atoms with Crippen molar-refractivity contribution in [2.75, 3.05) is 26.4 Å². The lowest BCUT2D eigenvalue weighted by Gasteiger charge is -2.28. The molecule has 0 rings (SSSR count). The van der Waals surface area contributed by atoms with Gasteiger partial charge in [0.2, 0.25) is 3.79 Å². The maximum atomic E-state index is 15.2. The summed E-state index contributed by atoms with van der Waals surface area (Å²) in [6.45, 7) is 2.30. The SMILES string of the molecule is CCOC(=O)C(F)(C(=O)OCC(Cl)(Cl)Cl)P(=O)(OCC)OCC. The minimum Gasteiger partial charge on any atom is -0.463 e. The Bertz CT molecular complexity index is 461. The number of ether oxygens (including phenoxy) is 2. The molecule has 0 amide bonds. The van der Waals surface area contributed by atoms with Gasteiger partial charge in [-0.25, -0.2) is 14.0 Å². The first-order valence-electron chi connectivity index (χ1n) is 6.47. The molecule has 0 aliphatic rings. The van der Waals surface area contributed by atoms with Gasteiger partial charge < -0.3 is 18.5 Å². The van der Waals surface area contributed by atoms with Crippen LogP contribution in [0, 0.1) is 0 Å². The second kappa shape index (κ2) is 9.39. The molecule has 23 heavy (non-hydrogen) atoms. The van der Waals surface area contributed by atoms with Gasteiger partial charge in [-0.2, -0.15) is 0 Å². The van der Waals surface area contributed by atoms with Crippen LogP contribution in [0.15, 0.2) is 0 Å². The zero-order chi connectivity index (χ0) is 18.3. The first-order valence-corrected chi connectivity index (χ1v) is 9.15. The third-order valence-electron chi connectivity index (χ3n) is 2.16. The topological polar surface area (TPSA) is 88.1 Å². The molecule has 0 bridgehead atoms. The first-order chi connectivity index (χ1) is 10.5. The third-order valence-corrected chi connectivity index (χ3v) is 4.80. The quantitative estimate of drug-likeness (QED) is 0.246. The van der Waals surface area contributed by atoms with E-state index in [0.717, 1.165) is 0 Å². The highest BCUT2D eigenvalue weighted by atomic mass is 35.6. The number of hydrogen-bond donors (Lipinski definition) is 0. The molecule has 1 unspecified atom stereocenters. The summed E-state index contributed by atoms with van der Waals surface area (Å²) in [6.07, 6.45) is 0. The summed E-state index contributed by atoms with van der Waals surface area (Å²) in [5.74, 6) is -3.67. The van der Waals surface area contributed by atoms with Gasteiger partial charge in [-0.3, -0.25) is 4.57 Å². The van der Waals surface area contributed by atoms with Crippen molar-refractivity contribution in [3.63, 3.8) is 0 Å². The van der Waals surface area contributed by atoms with Crippen molar-refractivity contribution in [2.24, 2.45) is 0 Å². The molecule has 0 aliphatic carbocycles. The van der Waals surface area contributed by atoms with E-state index in [1.165, 1.54) is 20.8 Å². The zero-order valence-corrected chi connectivity index (χ0v) is 15.8. The smallest absolute Gasteiger partial charge is 0.400 e. The second-order valence-corrected chi connectivity index (χ2v) is 8.51. The van der Waals surface area contributed by atoms with Gasteiger partial charge >= 0.3 is 24.9 Å². The van der Waals surface area contributed by atoms with Crippen LogP contribution in [0.5, 0.6) is 0 Å². The molecule has 0 aromatic rings. The van der Waals surface area contributed by atoms with E-state index < -0.39 is 35.3 Å². The Morgan fingerprint density at radius 1 is 0.957 bits per heavy atom. The fourth-order valence-corrected chi connectivity index (χ4v) is 3.18. The van der Waals surface area contributed by atoms with E-state index in [1.54, 1.807) is 0 Å². The van der Waals surface area contributed by atoms with Crippen LogP contribution in [-0.4, -0.2) is 47.6 Å². The highest BCUT2D eigenvalue weighted by Gasteiger charge is 2.67. The first kappa shape index (κ1) is 22.9. The highest BCUT2D eigenvalue weighted by molar-refractivity contribution is 7.57. The number of esters is 2. The number of hydrogen-bond acceptors (Lipinski definition) is 7. The Morgan fingerprint density at radius 2 is 1.39 bits per heavy atom. The average molecular weight is 418 g/mol. The number of rotatable bonds is 9. The minimum atomic E-state index is -4.91. The van der Waals surface area contributed by atoms with Crippen LogP contribution in [0.25, 0.3) is 0 Å². The summed E-state index contributed by atoms with van der Waals surface area (Å²) in [4.78, 5) is 23.9. The molecular formula is C11H17Cl3FO7P. The maximum Gasteiger partial charge on any atom is 0.400 e. The molecule has 0 heterocycles. The lowest BCUT2D eigenvalue weighted by atomic mass is 10.4. The molecule has 1 atom stereocenters. The van der Waals surface area contributed by atoms with E-state index in [9.17, 15) is 14.2 Å². The summed E-state index contributed by atoms with van der Waals surface area (Å²) in [6, 6.07) is 0. The Hall–Kier alpha value is -0.110. The Morgan fingerprint density at radius 3 is 1.74 bits per heavy atom. The summed E-state index contributed by atoms with van der Waals surface area (Å²) < 4.78 is 44.0. The maximum absolute atomic E-state index is 15.2. The van der Waals surface area contributed by atoms with E-state index in [4.69, 9.17) is 43.9 Å². The average Bonchev–Trinajstić information content (AvgIpc) is 2.43. The van der Waals surface area contributed by atoms with Gasteiger partial charge in [0.05, 0.1) is 19.8 Å². The molecule has 0 aromatic heterocycles. The van der Waals surface area contributed by atoms with Crippen molar-refractivity contribution in [1.29, 1.82) is 0 Å². The summed E-state index contributed by atoms with van der Waals surface area (Å²) in [7, 11) is -4.91. The van der Waals surface area contributed by atoms with Gasteiger partial charge in [0.1, 0.15) is 6.61 Å². The zero-order valence-electron chi connectivity index (χ0n) is 12.6. The van der Waals surface area contributed by atoms with Crippen LogP contribution in [0.1, 0.15) is 20.8 Å². The second-order valence-electron chi connectivity index (χ2n) is 3.87. The molecule has 136 valence electrons. The van der Waals surface area contributed by atoms with Crippen molar-refractivity contribution in [2.45, 2.75) is 30.0 Å². The van der Waals surface area contributed by atoms with Crippen molar-refractivity contribution in [3.05, 3.63) is 0 Å². The van der Waals surface area contributed by atoms with Gasteiger partial charge in [0.15, 0.2) is 0 Å². The molecule has 0 aliphatic heterocycles. The van der Waals surface area contributed by atoms with Crippen LogP contribution in [0.4, 0.5) is 4.39 Å². The summed E-state index contributed by atoms with van der Waals surface area (Å²) in [5, 5.41) is -3.84. The summed E-state index contributed by atoms with van der Waals surface area (Å²) >= 11 is 16.2. The monoisotopic (exact) mass is 416 g/mol. The Labute approximate surface area is 148 Å². The van der Waals surface area contributed by atoms with Crippen molar-refractivity contribution in [3.8, 4) is 0 Å². The van der Waals surface area contributed by atoms with E-state index in [0.29, 0.717) is 0 Å². The predicted octanol–water partition coefficient (Wildman–Crippen LogP) is 3.39. The van der Waals surface area contributed by atoms with Crippen LogP contribution < -0.4 is 0 Å². The lowest BCUT2D eigenvalue weighted by molar-refractivity contribution is -0.168. The molecular weight excluding hydrogens is 400 g/mol. The molecule has 0 N–H and O–H groups in total. The molecule has 0 saturated heterocycles. The van der Waals surface area contributed by atoms with Crippen molar-refractivity contribution >= 4 is 54.3 Å². The van der Waals surface area contributed by atoms with Crippen molar-refractivity contribution in [1.82, 2.24) is 0 Å². The molecule has 7 nitrogen and oxygen atoms in total. The van der Waals surface area contributed by atoms with Gasteiger partial charge in [-0.05, 0) is 20.8 Å². The number of carbonyl (C=O) groups is 2. The molecule has 0 saturated carbocycles. The number of halogens is 4. The van der Waals surface area contributed by atoms with Crippen LogP contribution in [-0.2, 0) is 32.7 Å².